The molecule has 0 saturated carbocycles. The summed E-state index contributed by atoms with van der Waals surface area (Å²) in [4.78, 5) is 33.0. The predicted molar refractivity (Wildman–Crippen MR) is 81.1 cm³/mol. The zero-order valence-corrected chi connectivity index (χ0v) is 12.6. The van der Waals surface area contributed by atoms with Crippen LogP contribution in [0, 0.1) is 0 Å². The minimum Gasteiger partial charge on any atom is -0.494 e. The Morgan fingerprint density at radius 1 is 1.18 bits per heavy atom. The van der Waals surface area contributed by atoms with Gasteiger partial charge in [0, 0.05) is 24.9 Å². The molecule has 0 aliphatic heterocycles. The second kappa shape index (κ2) is 9.55. The second-order valence-corrected chi connectivity index (χ2v) is 4.88. The van der Waals surface area contributed by atoms with Crippen LogP contribution in [0.5, 0.6) is 5.75 Å². The highest BCUT2D eigenvalue weighted by Crippen LogP contribution is 2.14. The van der Waals surface area contributed by atoms with Crippen molar-refractivity contribution in [2.24, 2.45) is 0 Å². The summed E-state index contributed by atoms with van der Waals surface area (Å²) in [6.07, 6.45) is 1.35. The zero-order valence-electron chi connectivity index (χ0n) is 12.6. The van der Waals surface area contributed by atoms with E-state index in [0.29, 0.717) is 43.7 Å². The highest BCUT2D eigenvalue weighted by atomic mass is 16.5. The van der Waals surface area contributed by atoms with Crippen molar-refractivity contribution in [3.8, 4) is 5.75 Å². The van der Waals surface area contributed by atoms with Gasteiger partial charge in [-0.05, 0) is 31.9 Å². The molecule has 6 nitrogen and oxygen atoms in total. The smallest absolute Gasteiger partial charge is 0.303 e. The van der Waals surface area contributed by atoms with Crippen molar-refractivity contribution in [3.05, 3.63) is 29.8 Å². The van der Waals surface area contributed by atoms with Gasteiger partial charge in [0.25, 0.3) is 0 Å². The molecule has 6 heteroatoms. The van der Waals surface area contributed by atoms with Crippen LogP contribution in [0.2, 0.25) is 0 Å². The van der Waals surface area contributed by atoms with Crippen molar-refractivity contribution in [2.75, 3.05) is 13.2 Å². The van der Waals surface area contributed by atoms with Crippen molar-refractivity contribution in [1.82, 2.24) is 5.32 Å². The third kappa shape index (κ3) is 7.42. The van der Waals surface area contributed by atoms with Gasteiger partial charge in [0.2, 0.25) is 5.91 Å². The van der Waals surface area contributed by atoms with Gasteiger partial charge in [0.05, 0.1) is 6.61 Å². The molecule has 0 saturated heterocycles. The maximum absolute atomic E-state index is 11.5. The number of carbonyl (C=O) groups is 3. The molecule has 1 aromatic rings. The molecule has 1 rings (SSSR count). The Hall–Kier alpha value is -2.37. The van der Waals surface area contributed by atoms with Crippen molar-refractivity contribution >= 4 is 17.7 Å². The molecule has 0 aliphatic carbocycles. The third-order valence-corrected chi connectivity index (χ3v) is 2.95. The SMILES string of the molecule is CC(=O)c1cccc(OCCCC(=O)NCCCC(=O)O)c1. The van der Waals surface area contributed by atoms with Gasteiger partial charge < -0.3 is 15.2 Å². The van der Waals surface area contributed by atoms with Crippen LogP contribution in [0.4, 0.5) is 0 Å². The fourth-order valence-corrected chi connectivity index (χ4v) is 1.78. The average molecular weight is 307 g/mol. The number of Topliss-reactive ketones (excluding diaryl/α,β-unsaturated/α-hetero) is 1. The van der Waals surface area contributed by atoms with Gasteiger partial charge in [0.15, 0.2) is 5.78 Å². The van der Waals surface area contributed by atoms with Crippen molar-refractivity contribution < 1.29 is 24.2 Å². The summed E-state index contributed by atoms with van der Waals surface area (Å²) in [5.41, 5.74) is 0.591. The summed E-state index contributed by atoms with van der Waals surface area (Å²) in [5, 5.41) is 11.1. The largest absolute Gasteiger partial charge is 0.494 e. The number of carboxylic acid groups (broad SMARTS) is 1. The predicted octanol–water partition coefficient (Wildman–Crippen LogP) is 2.03. The number of hydrogen-bond acceptors (Lipinski definition) is 4. The fourth-order valence-electron chi connectivity index (χ4n) is 1.78. The van der Waals surface area contributed by atoms with Gasteiger partial charge in [-0.25, -0.2) is 0 Å². The summed E-state index contributed by atoms with van der Waals surface area (Å²) < 4.78 is 5.49. The molecule has 22 heavy (non-hydrogen) atoms. The zero-order chi connectivity index (χ0) is 16.4. The van der Waals surface area contributed by atoms with E-state index in [1.807, 2.05) is 0 Å². The Morgan fingerprint density at radius 2 is 1.95 bits per heavy atom. The van der Waals surface area contributed by atoms with E-state index in [4.69, 9.17) is 9.84 Å². The van der Waals surface area contributed by atoms with Crippen LogP contribution in [0.25, 0.3) is 0 Å². The van der Waals surface area contributed by atoms with Crippen LogP contribution in [-0.4, -0.2) is 35.9 Å². The number of carboxylic acids is 1. The lowest BCUT2D eigenvalue weighted by atomic mass is 10.1. The van der Waals surface area contributed by atoms with Crippen molar-refractivity contribution in [3.63, 3.8) is 0 Å². The Bertz CT molecular complexity index is 527. The van der Waals surface area contributed by atoms with Gasteiger partial charge >= 0.3 is 5.97 Å². The van der Waals surface area contributed by atoms with Crippen molar-refractivity contribution in [2.45, 2.75) is 32.6 Å². The first-order chi connectivity index (χ1) is 10.5. The molecule has 1 amide bonds. The van der Waals surface area contributed by atoms with E-state index < -0.39 is 5.97 Å². The first-order valence-corrected chi connectivity index (χ1v) is 7.21. The van der Waals surface area contributed by atoms with Gasteiger partial charge in [-0.3, -0.25) is 14.4 Å². The van der Waals surface area contributed by atoms with E-state index in [-0.39, 0.29) is 18.1 Å². The van der Waals surface area contributed by atoms with Gasteiger partial charge in [-0.1, -0.05) is 12.1 Å². The van der Waals surface area contributed by atoms with Gasteiger partial charge in [0.1, 0.15) is 5.75 Å². The third-order valence-electron chi connectivity index (χ3n) is 2.95. The molecule has 0 aliphatic rings. The quantitative estimate of drug-likeness (QED) is 0.509. The standard InChI is InChI=1S/C16H21NO5/c1-12(18)13-5-2-6-14(11-13)22-10-4-7-15(19)17-9-3-8-16(20)21/h2,5-6,11H,3-4,7-10H2,1H3,(H,17,19)(H,20,21). The lowest BCUT2D eigenvalue weighted by Gasteiger charge is -2.07. The number of nitrogens with one attached hydrogen (secondary N) is 1. The van der Waals surface area contributed by atoms with Crippen LogP contribution in [0.15, 0.2) is 24.3 Å². The van der Waals surface area contributed by atoms with E-state index in [2.05, 4.69) is 5.32 Å². The normalized spacial score (nSPS) is 10.0. The molecule has 0 bridgehead atoms. The van der Waals surface area contributed by atoms with Gasteiger partial charge in [-0.15, -0.1) is 0 Å². The second-order valence-electron chi connectivity index (χ2n) is 4.88. The average Bonchev–Trinajstić information content (AvgIpc) is 2.48. The first-order valence-electron chi connectivity index (χ1n) is 7.21. The Kier molecular flexibility index (Phi) is 7.67. The Balaban J connectivity index is 2.17. The molecule has 0 heterocycles. The maximum Gasteiger partial charge on any atom is 0.303 e. The van der Waals surface area contributed by atoms with Crippen molar-refractivity contribution in [1.29, 1.82) is 0 Å². The highest BCUT2D eigenvalue weighted by Gasteiger charge is 2.04. The summed E-state index contributed by atoms with van der Waals surface area (Å²) in [5.74, 6) is -0.400. The fraction of sp³-hybridized carbons (Fsp3) is 0.438. The summed E-state index contributed by atoms with van der Waals surface area (Å²) in [6.45, 7) is 2.24. The van der Waals surface area contributed by atoms with Crippen LogP contribution >= 0.6 is 0 Å². The molecule has 0 unspecified atom stereocenters. The first kappa shape index (κ1) is 17.7. The van der Waals surface area contributed by atoms with Crippen LogP contribution in [0.3, 0.4) is 0 Å². The number of carbonyl (C=O) groups excluding carboxylic acids is 2. The van der Waals surface area contributed by atoms with Gasteiger partial charge in [-0.2, -0.15) is 0 Å². The van der Waals surface area contributed by atoms with Crippen LogP contribution in [0.1, 0.15) is 43.0 Å². The molecular formula is C16H21NO5. The van der Waals surface area contributed by atoms with Crippen LogP contribution < -0.4 is 10.1 Å². The summed E-state index contributed by atoms with van der Waals surface area (Å²) in [6, 6.07) is 6.91. The number of aliphatic carboxylic acids is 1. The van der Waals surface area contributed by atoms with E-state index in [9.17, 15) is 14.4 Å². The lowest BCUT2D eigenvalue weighted by Crippen LogP contribution is -2.25. The summed E-state index contributed by atoms with van der Waals surface area (Å²) >= 11 is 0. The number of hydrogen-bond donors (Lipinski definition) is 2. The highest BCUT2D eigenvalue weighted by molar-refractivity contribution is 5.94. The molecule has 0 aromatic heterocycles. The molecule has 0 atom stereocenters. The molecule has 0 fully saturated rings. The molecular weight excluding hydrogens is 286 g/mol. The molecule has 2 N–H and O–H groups in total. The number of rotatable bonds is 10. The molecule has 0 radical (unpaired) electrons. The lowest BCUT2D eigenvalue weighted by molar-refractivity contribution is -0.137. The number of benzene rings is 1. The minimum absolute atomic E-state index is 0.0220. The van der Waals surface area contributed by atoms with E-state index in [0.717, 1.165) is 0 Å². The van der Waals surface area contributed by atoms with E-state index in [1.54, 1.807) is 24.3 Å². The minimum atomic E-state index is -0.865. The monoisotopic (exact) mass is 307 g/mol. The number of amides is 1. The Morgan fingerprint density at radius 3 is 2.64 bits per heavy atom. The Labute approximate surface area is 129 Å². The topological polar surface area (TPSA) is 92.7 Å². The molecule has 1 aromatic carbocycles. The maximum atomic E-state index is 11.5. The van der Waals surface area contributed by atoms with E-state index >= 15 is 0 Å². The van der Waals surface area contributed by atoms with E-state index in [1.165, 1.54) is 6.92 Å². The molecule has 0 spiro atoms. The summed E-state index contributed by atoms with van der Waals surface area (Å²) in [7, 11) is 0. The number of ketones is 1. The number of ether oxygens (including phenoxy) is 1. The van der Waals surface area contributed by atoms with Crippen LogP contribution in [-0.2, 0) is 9.59 Å². The molecule has 120 valence electrons.